The molecule has 7 heteroatoms. The van der Waals surface area contributed by atoms with Gasteiger partial charge in [-0.1, -0.05) is 29.8 Å². The third kappa shape index (κ3) is 3.70. The van der Waals surface area contributed by atoms with E-state index >= 15 is 0 Å². The van der Waals surface area contributed by atoms with Crippen molar-refractivity contribution >= 4 is 11.8 Å². The summed E-state index contributed by atoms with van der Waals surface area (Å²) in [4.78, 5) is 26.8. The van der Waals surface area contributed by atoms with Crippen LogP contribution >= 0.6 is 0 Å². The molecule has 0 bridgehead atoms. The van der Waals surface area contributed by atoms with E-state index in [0.29, 0.717) is 42.0 Å². The Morgan fingerprint density at radius 1 is 1.10 bits per heavy atom. The van der Waals surface area contributed by atoms with Crippen LogP contribution in [-0.2, 0) is 24.3 Å². The maximum atomic E-state index is 13.7. The molecule has 0 radical (unpaired) electrons. The molecule has 154 valence electrons. The highest BCUT2D eigenvalue weighted by Gasteiger charge is 2.29. The van der Waals surface area contributed by atoms with Gasteiger partial charge in [0.15, 0.2) is 0 Å². The topological polar surface area (TPSA) is 81.2 Å². The average Bonchev–Trinajstić information content (AvgIpc) is 3.10. The predicted molar refractivity (Wildman–Crippen MR) is 111 cm³/mol. The van der Waals surface area contributed by atoms with Crippen LogP contribution in [0.5, 0.6) is 0 Å². The SMILES string of the molecule is Cc1ccc(CC(=O)N2CCn3nc(-c4ccc(F)c(C)c4)c(C(N)=O)c3C2)cc1. The first kappa shape index (κ1) is 19.8. The molecular weight excluding hydrogens is 383 g/mol. The summed E-state index contributed by atoms with van der Waals surface area (Å²) in [5.41, 5.74) is 10.2. The molecule has 0 saturated heterocycles. The molecule has 2 N–H and O–H groups in total. The molecule has 3 aromatic rings. The Labute approximate surface area is 174 Å². The molecule has 2 aromatic carbocycles. The normalized spacial score (nSPS) is 13.2. The fourth-order valence-corrected chi connectivity index (χ4v) is 3.78. The van der Waals surface area contributed by atoms with Gasteiger partial charge in [-0.15, -0.1) is 0 Å². The minimum absolute atomic E-state index is 0.0131. The van der Waals surface area contributed by atoms with Gasteiger partial charge in [0.25, 0.3) is 5.91 Å². The average molecular weight is 406 g/mol. The number of aryl methyl sites for hydroxylation is 2. The van der Waals surface area contributed by atoms with Crippen molar-refractivity contribution < 1.29 is 14.0 Å². The number of primary amides is 1. The fraction of sp³-hybridized carbons (Fsp3) is 0.261. The van der Waals surface area contributed by atoms with E-state index < -0.39 is 5.91 Å². The van der Waals surface area contributed by atoms with Gasteiger partial charge in [0.1, 0.15) is 11.5 Å². The second kappa shape index (κ2) is 7.74. The van der Waals surface area contributed by atoms with Crippen molar-refractivity contribution in [3.05, 3.63) is 76.2 Å². The summed E-state index contributed by atoms with van der Waals surface area (Å²) >= 11 is 0. The standard InChI is InChI=1S/C23H23FN4O2/c1-14-3-5-16(6-4-14)12-20(29)27-9-10-28-19(13-27)21(23(25)30)22(26-28)17-7-8-18(24)15(2)11-17/h3-8,11H,9-10,12-13H2,1-2H3,(H2,25,30). The van der Waals surface area contributed by atoms with Gasteiger partial charge >= 0.3 is 0 Å². The number of aromatic nitrogens is 2. The number of hydrogen-bond donors (Lipinski definition) is 1. The van der Waals surface area contributed by atoms with Gasteiger partial charge in [-0.2, -0.15) is 5.10 Å². The van der Waals surface area contributed by atoms with Crippen LogP contribution in [0.3, 0.4) is 0 Å². The highest BCUT2D eigenvalue weighted by atomic mass is 19.1. The van der Waals surface area contributed by atoms with Crippen LogP contribution in [0.15, 0.2) is 42.5 Å². The zero-order chi connectivity index (χ0) is 21.4. The number of nitrogens with zero attached hydrogens (tertiary/aromatic N) is 3. The van der Waals surface area contributed by atoms with Crippen LogP contribution < -0.4 is 5.73 Å². The van der Waals surface area contributed by atoms with Gasteiger partial charge in [0, 0.05) is 12.1 Å². The molecule has 30 heavy (non-hydrogen) atoms. The number of hydrogen-bond acceptors (Lipinski definition) is 3. The quantitative estimate of drug-likeness (QED) is 0.723. The van der Waals surface area contributed by atoms with Crippen molar-refractivity contribution in [2.24, 2.45) is 5.73 Å². The first-order chi connectivity index (χ1) is 14.3. The molecule has 0 atom stereocenters. The number of amides is 2. The third-order valence-corrected chi connectivity index (χ3v) is 5.49. The molecule has 0 saturated carbocycles. The molecule has 0 spiro atoms. The summed E-state index contributed by atoms with van der Waals surface area (Å²) in [5, 5.41) is 4.56. The smallest absolute Gasteiger partial charge is 0.252 e. The number of benzene rings is 2. The lowest BCUT2D eigenvalue weighted by molar-refractivity contribution is -0.132. The molecular formula is C23H23FN4O2. The zero-order valence-electron chi connectivity index (χ0n) is 17.0. The molecule has 2 heterocycles. The number of rotatable bonds is 4. The molecule has 0 unspecified atom stereocenters. The minimum atomic E-state index is -0.610. The summed E-state index contributed by atoms with van der Waals surface area (Å²) in [5.74, 6) is -0.946. The molecule has 0 fully saturated rings. The van der Waals surface area contributed by atoms with Crippen molar-refractivity contribution in [2.75, 3.05) is 6.54 Å². The Morgan fingerprint density at radius 3 is 2.50 bits per heavy atom. The first-order valence-corrected chi connectivity index (χ1v) is 9.83. The molecule has 1 aliphatic heterocycles. The predicted octanol–water partition coefficient (Wildman–Crippen LogP) is 2.99. The Kier molecular flexibility index (Phi) is 5.11. The number of carbonyl (C=O) groups excluding carboxylic acids is 2. The van der Waals surface area contributed by atoms with Crippen molar-refractivity contribution in [3.63, 3.8) is 0 Å². The van der Waals surface area contributed by atoms with E-state index in [9.17, 15) is 14.0 Å². The molecule has 4 rings (SSSR count). The van der Waals surface area contributed by atoms with E-state index in [2.05, 4.69) is 5.10 Å². The minimum Gasteiger partial charge on any atom is -0.365 e. The Hall–Kier alpha value is -3.48. The van der Waals surface area contributed by atoms with Crippen LogP contribution in [0, 0.1) is 19.7 Å². The summed E-state index contributed by atoms with van der Waals surface area (Å²) < 4.78 is 15.4. The third-order valence-electron chi connectivity index (χ3n) is 5.49. The van der Waals surface area contributed by atoms with Gasteiger partial charge in [-0.25, -0.2) is 4.39 Å². The summed E-state index contributed by atoms with van der Waals surface area (Å²) in [6, 6.07) is 12.5. The van der Waals surface area contributed by atoms with E-state index in [4.69, 9.17) is 5.73 Å². The van der Waals surface area contributed by atoms with E-state index in [1.54, 1.807) is 28.6 Å². The summed E-state index contributed by atoms with van der Waals surface area (Å²) in [6.45, 7) is 4.89. The monoisotopic (exact) mass is 406 g/mol. The largest absolute Gasteiger partial charge is 0.365 e. The lowest BCUT2D eigenvalue weighted by atomic mass is 10.0. The highest BCUT2D eigenvalue weighted by Crippen LogP contribution is 2.29. The molecule has 0 aliphatic carbocycles. The van der Waals surface area contributed by atoms with Crippen LogP contribution in [0.25, 0.3) is 11.3 Å². The molecule has 1 aliphatic rings. The number of halogens is 1. The van der Waals surface area contributed by atoms with E-state index in [-0.39, 0.29) is 23.8 Å². The van der Waals surface area contributed by atoms with Crippen LogP contribution in [0.2, 0.25) is 0 Å². The summed E-state index contributed by atoms with van der Waals surface area (Å²) in [7, 11) is 0. The molecule has 2 amide bonds. The van der Waals surface area contributed by atoms with Gasteiger partial charge in [0.2, 0.25) is 5.91 Å². The van der Waals surface area contributed by atoms with E-state index in [0.717, 1.165) is 11.1 Å². The number of nitrogens with two attached hydrogens (primary N) is 1. The maximum Gasteiger partial charge on any atom is 0.252 e. The number of carbonyl (C=O) groups is 2. The lowest BCUT2D eigenvalue weighted by Gasteiger charge is -2.28. The second-order valence-electron chi connectivity index (χ2n) is 7.70. The fourth-order valence-electron chi connectivity index (χ4n) is 3.78. The van der Waals surface area contributed by atoms with Crippen LogP contribution in [0.4, 0.5) is 4.39 Å². The molecule has 6 nitrogen and oxygen atoms in total. The van der Waals surface area contributed by atoms with Crippen molar-refractivity contribution in [3.8, 4) is 11.3 Å². The van der Waals surface area contributed by atoms with Gasteiger partial charge in [0.05, 0.1) is 30.8 Å². The van der Waals surface area contributed by atoms with Gasteiger partial charge in [-0.3, -0.25) is 14.3 Å². The van der Waals surface area contributed by atoms with Crippen LogP contribution in [0.1, 0.15) is 32.7 Å². The van der Waals surface area contributed by atoms with Gasteiger partial charge in [-0.05, 0) is 43.2 Å². The first-order valence-electron chi connectivity index (χ1n) is 9.83. The van der Waals surface area contributed by atoms with E-state index in [1.165, 1.54) is 6.07 Å². The lowest BCUT2D eigenvalue weighted by Crippen LogP contribution is -2.40. The molecule has 1 aromatic heterocycles. The Morgan fingerprint density at radius 2 is 1.83 bits per heavy atom. The van der Waals surface area contributed by atoms with Crippen molar-refractivity contribution in [1.82, 2.24) is 14.7 Å². The maximum absolute atomic E-state index is 13.7. The second-order valence-corrected chi connectivity index (χ2v) is 7.70. The van der Waals surface area contributed by atoms with Crippen molar-refractivity contribution in [2.45, 2.75) is 33.4 Å². The zero-order valence-corrected chi connectivity index (χ0v) is 17.0. The summed E-state index contributed by atoms with van der Waals surface area (Å²) in [6.07, 6.45) is 0.296. The van der Waals surface area contributed by atoms with Crippen molar-refractivity contribution in [1.29, 1.82) is 0 Å². The Bertz CT molecular complexity index is 1130. The highest BCUT2D eigenvalue weighted by molar-refractivity contribution is 6.00. The van der Waals surface area contributed by atoms with E-state index in [1.807, 2.05) is 31.2 Å². The van der Waals surface area contributed by atoms with Crippen LogP contribution in [-0.4, -0.2) is 33.0 Å². The Balaban J connectivity index is 1.63. The number of fused-ring (bicyclic) bond motifs is 1. The van der Waals surface area contributed by atoms with Gasteiger partial charge < -0.3 is 10.6 Å².